The number of rotatable bonds is 7. The Kier molecular flexibility index (Phi) is 7.32. The lowest BCUT2D eigenvalue weighted by molar-refractivity contribution is 0.00704. The number of benzene rings is 3. The molecule has 0 aliphatic carbocycles. The summed E-state index contributed by atoms with van der Waals surface area (Å²) in [4.78, 5) is 17.8. The molecule has 3 aromatic carbocycles. The van der Waals surface area contributed by atoms with Gasteiger partial charge in [0.15, 0.2) is 0 Å². The van der Waals surface area contributed by atoms with Crippen LogP contribution in [-0.4, -0.2) is 21.1 Å². The van der Waals surface area contributed by atoms with E-state index in [1.165, 1.54) is 5.56 Å². The Labute approximate surface area is 212 Å². The predicted octanol–water partition coefficient (Wildman–Crippen LogP) is 7.71. The van der Waals surface area contributed by atoms with E-state index in [4.69, 9.17) is 21.3 Å². The summed E-state index contributed by atoms with van der Waals surface area (Å²) >= 11 is 6.16. The summed E-state index contributed by atoms with van der Waals surface area (Å²) in [5.74, 6) is 1.27. The Morgan fingerprint density at radius 3 is 2.40 bits per heavy atom. The molecule has 0 aliphatic heterocycles. The number of aryl methyl sites for hydroxylation is 2. The van der Waals surface area contributed by atoms with Gasteiger partial charge in [0, 0.05) is 18.8 Å². The van der Waals surface area contributed by atoms with Crippen LogP contribution in [0.5, 0.6) is 0 Å². The quantitative estimate of drug-likeness (QED) is 0.197. The SMILES string of the molecule is CCCc1nc2c(C)cc(CCl)cc2n1Cc1ccc(-c2ccccc2C(=O)OC(C)(C)C)cc1. The molecule has 4 rings (SSSR count). The molecule has 5 heteroatoms. The highest BCUT2D eigenvalue weighted by Crippen LogP contribution is 2.28. The van der Waals surface area contributed by atoms with Crippen LogP contribution in [0.25, 0.3) is 22.2 Å². The minimum Gasteiger partial charge on any atom is -0.456 e. The maximum atomic E-state index is 12.8. The molecule has 0 unspecified atom stereocenters. The first-order chi connectivity index (χ1) is 16.7. The number of hydrogen-bond acceptors (Lipinski definition) is 3. The Balaban J connectivity index is 1.67. The first-order valence-corrected chi connectivity index (χ1v) is 12.7. The molecule has 0 atom stereocenters. The van der Waals surface area contributed by atoms with Crippen molar-refractivity contribution in [1.82, 2.24) is 9.55 Å². The van der Waals surface area contributed by atoms with Crippen molar-refractivity contribution >= 4 is 28.6 Å². The van der Waals surface area contributed by atoms with Crippen LogP contribution in [0.15, 0.2) is 60.7 Å². The van der Waals surface area contributed by atoms with E-state index in [2.05, 4.69) is 54.8 Å². The summed E-state index contributed by atoms with van der Waals surface area (Å²) in [6, 6.07) is 20.3. The molecule has 0 N–H and O–H groups in total. The summed E-state index contributed by atoms with van der Waals surface area (Å²) in [6.45, 7) is 10.6. The minimum absolute atomic E-state index is 0.309. The van der Waals surface area contributed by atoms with E-state index in [0.717, 1.165) is 58.5 Å². The largest absolute Gasteiger partial charge is 0.456 e. The van der Waals surface area contributed by atoms with E-state index in [1.807, 2.05) is 45.0 Å². The van der Waals surface area contributed by atoms with Crippen molar-refractivity contribution < 1.29 is 9.53 Å². The standard InChI is InChI=1S/C30H33ClN2O2/c1-6-9-27-32-28-20(2)16-22(18-31)17-26(28)33(27)19-21-12-14-23(15-13-21)24-10-7-8-11-25(24)29(34)35-30(3,4)5/h7-8,10-17H,6,9,18-19H2,1-5H3. The topological polar surface area (TPSA) is 44.1 Å². The number of imidazole rings is 1. The van der Waals surface area contributed by atoms with E-state index in [9.17, 15) is 4.79 Å². The molecule has 0 spiro atoms. The summed E-state index contributed by atoms with van der Waals surface area (Å²) in [6.07, 6.45) is 1.96. The number of hydrogen-bond donors (Lipinski definition) is 0. The van der Waals surface area contributed by atoms with E-state index < -0.39 is 5.60 Å². The number of esters is 1. The molecule has 0 aliphatic rings. The van der Waals surface area contributed by atoms with Gasteiger partial charge in [-0.1, -0.05) is 55.5 Å². The zero-order chi connectivity index (χ0) is 25.2. The first-order valence-electron chi connectivity index (χ1n) is 12.2. The number of halogens is 1. The fraction of sp³-hybridized carbons (Fsp3) is 0.333. The second kappa shape index (κ2) is 10.2. The van der Waals surface area contributed by atoms with Gasteiger partial charge in [0.25, 0.3) is 0 Å². The van der Waals surface area contributed by atoms with Gasteiger partial charge in [-0.3, -0.25) is 0 Å². The van der Waals surface area contributed by atoms with E-state index in [1.54, 1.807) is 0 Å². The summed E-state index contributed by atoms with van der Waals surface area (Å²) in [7, 11) is 0. The smallest absolute Gasteiger partial charge is 0.339 e. The molecule has 0 bridgehead atoms. The number of fused-ring (bicyclic) bond motifs is 1. The van der Waals surface area contributed by atoms with Crippen molar-refractivity contribution in [2.24, 2.45) is 0 Å². The number of alkyl halides is 1. The number of aromatic nitrogens is 2. The molecule has 0 radical (unpaired) electrons. The maximum Gasteiger partial charge on any atom is 0.339 e. The second-order valence-electron chi connectivity index (χ2n) is 10.0. The number of ether oxygens (including phenoxy) is 1. The Hall–Kier alpha value is -3.11. The molecule has 0 fully saturated rings. The van der Waals surface area contributed by atoms with Gasteiger partial charge in [-0.15, -0.1) is 11.6 Å². The van der Waals surface area contributed by atoms with Crippen molar-refractivity contribution in [3.05, 3.63) is 88.7 Å². The normalized spacial score (nSPS) is 11.7. The Bertz CT molecular complexity index is 1350. The highest BCUT2D eigenvalue weighted by Gasteiger charge is 2.21. The van der Waals surface area contributed by atoms with Crippen LogP contribution >= 0.6 is 11.6 Å². The van der Waals surface area contributed by atoms with Crippen LogP contribution in [0.4, 0.5) is 0 Å². The first kappa shape index (κ1) is 25.0. The molecule has 1 heterocycles. The molecule has 1 aromatic heterocycles. The zero-order valence-corrected chi connectivity index (χ0v) is 21.9. The Morgan fingerprint density at radius 1 is 1.03 bits per heavy atom. The molecular weight excluding hydrogens is 456 g/mol. The number of carbonyl (C=O) groups is 1. The van der Waals surface area contributed by atoms with E-state index >= 15 is 0 Å². The van der Waals surface area contributed by atoms with Gasteiger partial charge in [-0.05, 0) is 74.1 Å². The number of carbonyl (C=O) groups excluding carboxylic acids is 1. The van der Waals surface area contributed by atoms with Crippen LogP contribution in [0.3, 0.4) is 0 Å². The van der Waals surface area contributed by atoms with Gasteiger partial charge in [-0.25, -0.2) is 9.78 Å². The summed E-state index contributed by atoms with van der Waals surface area (Å²) in [5, 5.41) is 0. The van der Waals surface area contributed by atoms with Gasteiger partial charge in [0.1, 0.15) is 11.4 Å². The molecule has 182 valence electrons. The van der Waals surface area contributed by atoms with Crippen molar-refractivity contribution in [3.63, 3.8) is 0 Å². The van der Waals surface area contributed by atoms with Crippen molar-refractivity contribution in [3.8, 4) is 11.1 Å². The van der Waals surface area contributed by atoms with Crippen LogP contribution in [0.2, 0.25) is 0 Å². The van der Waals surface area contributed by atoms with Crippen molar-refractivity contribution in [2.45, 2.75) is 65.5 Å². The average molecular weight is 489 g/mol. The molecule has 4 aromatic rings. The van der Waals surface area contributed by atoms with E-state index in [-0.39, 0.29) is 5.97 Å². The fourth-order valence-electron chi connectivity index (χ4n) is 4.40. The molecule has 35 heavy (non-hydrogen) atoms. The third-order valence-electron chi connectivity index (χ3n) is 5.96. The molecule has 4 nitrogen and oxygen atoms in total. The highest BCUT2D eigenvalue weighted by atomic mass is 35.5. The zero-order valence-electron chi connectivity index (χ0n) is 21.2. The van der Waals surface area contributed by atoms with Crippen molar-refractivity contribution in [2.75, 3.05) is 0 Å². The average Bonchev–Trinajstić information content (AvgIpc) is 3.16. The van der Waals surface area contributed by atoms with Crippen LogP contribution < -0.4 is 0 Å². The van der Waals surface area contributed by atoms with Gasteiger partial charge >= 0.3 is 5.97 Å². The van der Waals surface area contributed by atoms with Crippen LogP contribution in [0, 0.1) is 6.92 Å². The van der Waals surface area contributed by atoms with Crippen LogP contribution in [-0.2, 0) is 23.6 Å². The molecule has 0 saturated carbocycles. The minimum atomic E-state index is -0.542. The van der Waals surface area contributed by atoms with Gasteiger partial charge in [-0.2, -0.15) is 0 Å². The second-order valence-corrected chi connectivity index (χ2v) is 10.3. The van der Waals surface area contributed by atoms with Gasteiger partial charge in [0.05, 0.1) is 16.6 Å². The lowest BCUT2D eigenvalue weighted by Crippen LogP contribution is -2.24. The third kappa shape index (κ3) is 5.59. The van der Waals surface area contributed by atoms with Crippen LogP contribution in [0.1, 0.15) is 67.0 Å². The maximum absolute atomic E-state index is 12.8. The summed E-state index contributed by atoms with van der Waals surface area (Å²) in [5.41, 5.74) is 7.50. The predicted molar refractivity (Wildman–Crippen MR) is 144 cm³/mol. The summed E-state index contributed by atoms with van der Waals surface area (Å²) < 4.78 is 7.94. The number of nitrogens with zero attached hydrogens (tertiary/aromatic N) is 2. The molecular formula is C30H33ClN2O2. The Morgan fingerprint density at radius 2 is 1.74 bits per heavy atom. The van der Waals surface area contributed by atoms with E-state index in [0.29, 0.717) is 11.4 Å². The monoisotopic (exact) mass is 488 g/mol. The fourth-order valence-corrected chi connectivity index (χ4v) is 4.55. The lowest BCUT2D eigenvalue weighted by atomic mass is 9.98. The lowest BCUT2D eigenvalue weighted by Gasteiger charge is -2.20. The van der Waals surface area contributed by atoms with Crippen molar-refractivity contribution in [1.29, 1.82) is 0 Å². The van der Waals surface area contributed by atoms with Gasteiger partial charge < -0.3 is 9.30 Å². The molecule has 0 saturated heterocycles. The highest BCUT2D eigenvalue weighted by molar-refractivity contribution is 6.17. The molecule has 0 amide bonds. The third-order valence-corrected chi connectivity index (χ3v) is 6.27. The van der Waals surface area contributed by atoms with Gasteiger partial charge in [0.2, 0.25) is 0 Å².